The molecule has 2 amide bonds. The third kappa shape index (κ3) is 2.08. The van der Waals surface area contributed by atoms with E-state index in [4.69, 9.17) is 0 Å². The zero-order valence-electron chi connectivity index (χ0n) is 11.9. The van der Waals surface area contributed by atoms with Gasteiger partial charge < -0.3 is 10.6 Å². The van der Waals surface area contributed by atoms with E-state index in [0.717, 1.165) is 35.2 Å². The minimum absolute atomic E-state index is 0.197. The van der Waals surface area contributed by atoms with Crippen LogP contribution < -0.4 is 10.6 Å². The molecule has 2 aliphatic rings. The van der Waals surface area contributed by atoms with E-state index in [0.29, 0.717) is 0 Å². The average molecular weight is 294 g/mol. The summed E-state index contributed by atoms with van der Waals surface area (Å²) in [5.41, 5.74) is 5.31. The lowest BCUT2D eigenvalue weighted by Crippen LogP contribution is -2.44. The van der Waals surface area contributed by atoms with Crippen molar-refractivity contribution >= 4 is 11.7 Å². The molecule has 110 valence electrons. The van der Waals surface area contributed by atoms with Crippen LogP contribution in [0.25, 0.3) is 5.70 Å². The largest absolute Gasteiger partial charge is 0.327 e. The fourth-order valence-electron chi connectivity index (χ4n) is 3.29. The van der Waals surface area contributed by atoms with E-state index in [9.17, 15) is 9.18 Å². The summed E-state index contributed by atoms with van der Waals surface area (Å²) in [7, 11) is 0. The third-order valence-electron chi connectivity index (χ3n) is 4.34. The minimum Gasteiger partial charge on any atom is -0.327 e. The number of urea groups is 1. The van der Waals surface area contributed by atoms with Gasteiger partial charge in [0.2, 0.25) is 0 Å². The van der Waals surface area contributed by atoms with E-state index < -0.39 is 0 Å². The smallest absolute Gasteiger partial charge is 0.319 e. The molecule has 0 aromatic heterocycles. The molecule has 1 atom stereocenters. The van der Waals surface area contributed by atoms with Crippen LogP contribution in [0.3, 0.4) is 0 Å². The monoisotopic (exact) mass is 294 g/mol. The molecular formula is C18H15FN2O. The quantitative estimate of drug-likeness (QED) is 0.830. The molecule has 4 rings (SSSR count). The van der Waals surface area contributed by atoms with Gasteiger partial charge in [-0.25, -0.2) is 9.18 Å². The van der Waals surface area contributed by atoms with Crippen molar-refractivity contribution in [3.8, 4) is 0 Å². The topological polar surface area (TPSA) is 41.1 Å². The van der Waals surface area contributed by atoms with Gasteiger partial charge in [-0.05, 0) is 41.7 Å². The summed E-state index contributed by atoms with van der Waals surface area (Å²) in [6.45, 7) is 0. The molecule has 0 unspecified atom stereocenters. The van der Waals surface area contributed by atoms with Crippen molar-refractivity contribution in [2.45, 2.75) is 18.9 Å². The molecule has 1 heterocycles. The van der Waals surface area contributed by atoms with E-state index in [1.807, 2.05) is 18.2 Å². The van der Waals surface area contributed by atoms with Crippen LogP contribution in [0.2, 0.25) is 0 Å². The van der Waals surface area contributed by atoms with Gasteiger partial charge in [0.15, 0.2) is 0 Å². The molecule has 2 aromatic rings. The lowest BCUT2D eigenvalue weighted by Gasteiger charge is -2.34. The molecule has 0 fully saturated rings. The summed E-state index contributed by atoms with van der Waals surface area (Å²) in [5.74, 6) is -0.271. The molecule has 0 radical (unpaired) electrons. The number of carbonyl (C=O) groups is 1. The Hall–Kier alpha value is -2.62. The highest BCUT2D eigenvalue weighted by molar-refractivity contribution is 5.91. The van der Waals surface area contributed by atoms with E-state index in [-0.39, 0.29) is 17.9 Å². The van der Waals surface area contributed by atoms with E-state index in [1.165, 1.54) is 17.7 Å². The molecule has 4 heteroatoms. The first-order valence-corrected chi connectivity index (χ1v) is 7.36. The van der Waals surface area contributed by atoms with Crippen molar-refractivity contribution in [2.75, 3.05) is 0 Å². The Bertz CT molecular complexity index is 780. The number of halogens is 1. The first-order chi connectivity index (χ1) is 10.7. The maximum atomic E-state index is 13.1. The zero-order valence-corrected chi connectivity index (χ0v) is 11.9. The van der Waals surface area contributed by atoms with Crippen molar-refractivity contribution in [1.29, 1.82) is 0 Å². The number of hydrogen-bond donors (Lipinski definition) is 2. The highest BCUT2D eigenvalue weighted by Crippen LogP contribution is 2.38. The summed E-state index contributed by atoms with van der Waals surface area (Å²) in [4.78, 5) is 12.0. The first kappa shape index (κ1) is 13.1. The average Bonchev–Trinajstić information content (AvgIpc) is 2.55. The Labute approximate surface area is 127 Å². The normalized spacial score (nSPS) is 19.9. The van der Waals surface area contributed by atoms with Crippen LogP contribution >= 0.6 is 0 Å². The van der Waals surface area contributed by atoms with E-state index in [2.05, 4.69) is 16.7 Å². The summed E-state index contributed by atoms with van der Waals surface area (Å²) in [6, 6.07) is 14.1. The molecule has 0 saturated heterocycles. The van der Waals surface area contributed by atoms with Crippen molar-refractivity contribution in [1.82, 2.24) is 10.6 Å². The van der Waals surface area contributed by atoms with Gasteiger partial charge in [-0.3, -0.25) is 0 Å². The van der Waals surface area contributed by atoms with Crippen molar-refractivity contribution in [3.05, 3.63) is 76.6 Å². The van der Waals surface area contributed by atoms with Crippen LogP contribution in [-0.4, -0.2) is 6.03 Å². The summed E-state index contributed by atoms with van der Waals surface area (Å²) >= 11 is 0. The van der Waals surface area contributed by atoms with Gasteiger partial charge in [-0.15, -0.1) is 0 Å². The Morgan fingerprint density at radius 1 is 1.00 bits per heavy atom. The SMILES string of the molecule is O=C1NC2=C(CCc3ccccc32)[C@H](c2ccc(F)cc2)N1. The van der Waals surface area contributed by atoms with Crippen LogP contribution in [0.4, 0.5) is 9.18 Å². The molecule has 1 aliphatic carbocycles. The minimum atomic E-state index is -0.271. The van der Waals surface area contributed by atoms with Gasteiger partial charge >= 0.3 is 6.03 Å². The highest BCUT2D eigenvalue weighted by Gasteiger charge is 2.31. The molecule has 1 aliphatic heterocycles. The summed E-state index contributed by atoms with van der Waals surface area (Å²) in [5, 5.41) is 5.89. The number of benzene rings is 2. The van der Waals surface area contributed by atoms with Crippen molar-refractivity contribution in [3.63, 3.8) is 0 Å². The van der Waals surface area contributed by atoms with E-state index >= 15 is 0 Å². The maximum absolute atomic E-state index is 13.1. The second-order valence-electron chi connectivity index (χ2n) is 5.64. The molecule has 0 spiro atoms. The highest BCUT2D eigenvalue weighted by atomic mass is 19.1. The number of rotatable bonds is 1. The number of aryl methyl sites for hydroxylation is 1. The van der Waals surface area contributed by atoms with Gasteiger partial charge in [0.05, 0.1) is 11.7 Å². The first-order valence-electron chi connectivity index (χ1n) is 7.36. The van der Waals surface area contributed by atoms with Crippen molar-refractivity contribution < 1.29 is 9.18 Å². The number of nitrogens with one attached hydrogen (secondary N) is 2. The van der Waals surface area contributed by atoms with Crippen LogP contribution in [0.1, 0.15) is 29.2 Å². The van der Waals surface area contributed by atoms with Gasteiger partial charge in [-0.2, -0.15) is 0 Å². The molecule has 0 saturated carbocycles. The summed E-state index contributed by atoms with van der Waals surface area (Å²) in [6.07, 6.45) is 1.83. The van der Waals surface area contributed by atoms with Crippen molar-refractivity contribution in [2.24, 2.45) is 0 Å². The lowest BCUT2D eigenvalue weighted by molar-refractivity contribution is 0.240. The van der Waals surface area contributed by atoms with Crippen LogP contribution in [0, 0.1) is 5.82 Å². The fraction of sp³-hybridized carbons (Fsp3) is 0.167. The third-order valence-corrected chi connectivity index (χ3v) is 4.34. The van der Waals surface area contributed by atoms with Crippen LogP contribution in [0.5, 0.6) is 0 Å². The maximum Gasteiger partial charge on any atom is 0.319 e. The number of carbonyl (C=O) groups excluding carboxylic acids is 1. The number of hydrogen-bond acceptors (Lipinski definition) is 1. The standard InChI is InChI=1S/C18H15FN2O/c19-13-8-5-12(6-9-13)16-15-10-7-11-3-1-2-4-14(11)17(15)21-18(22)20-16/h1-6,8-9,16H,7,10H2,(H2,20,21,22)/t16-/m0/s1. The number of fused-ring (bicyclic) bond motifs is 2. The van der Waals surface area contributed by atoms with Gasteiger partial charge in [-0.1, -0.05) is 36.4 Å². The molecule has 0 bridgehead atoms. The second kappa shape index (κ2) is 4.98. The molecule has 22 heavy (non-hydrogen) atoms. The molecule has 2 N–H and O–H groups in total. The van der Waals surface area contributed by atoms with Gasteiger partial charge in [0.1, 0.15) is 5.82 Å². The fourth-order valence-corrected chi connectivity index (χ4v) is 3.29. The van der Waals surface area contributed by atoms with E-state index in [1.54, 1.807) is 12.1 Å². The molecule has 2 aromatic carbocycles. The predicted octanol–water partition coefficient (Wildman–Crippen LogP) is 3.54. The Morgan fingerprint density at radius 3 is 2.59 bits per heavy atom. The molecule has 3 nitrogen and oxygen atoms in total. The molecular weight excluding hydrogens is 279 g/mol. The Morgan fingerprint density at radius 2 is 1.77 bits per heavy atom. The van der Waals surface area contributed by atoms with Crippen LogP contribution in [0.15, 0.2) is 54.1 Å². The zero-order chi connectivity index (χ0) is 15.1. The van der Waals surface area contributed by atoms with Gasteiger partial charge in [0.25, 0.3) is 0 Å². The Kier molecular flexibility index (Phi) is 2.96. The summed E-state index contributed by atoms with van der Waals surface area (Å²) < 4.78 is 13.1. The van der Waals surface area contributed by atoms with Crippen LogP contribution in [-0.2, 0) is 6.42 Å². The van der Waals surface area contributed by atoms with Gasteiger partial charge in [0, 0.05) is 5.56 Å². The lowest BCUT2D eigenvalue weighted by atomic mass is 9.83. The number of amides is 2. The Balaban J connectivity index is 1.84. The predicted molar refractivity (Wildman–Crippen MR) is 82.5 cm³/mol. The second-order valence-corrected chi connectivity index (χ2v) is 5.64.